The van der Waals surface area contributed by atoms with Gasteiger partial charge in [0.15, 0.2) is 5.78 Å². The first-order chi connectivity index (χ1) is 11.6. The van der Waals surface area contributed by atoms with Gasteiger partial charge in [0, 0.05) is 29.9 Å². The van der Waals surface area contributed by atoms with Gasteiger partial charge in [0.1, 0.15) is 11.4 Å². The Labute approximate surface area is 142 Å². The first-order valence-electron chi connectivity index (χ1n) is 8.73. The smallest absolute Gasteiger partial charge is 0.270 e. The molecular weight excluding hydrogens is 304 g/mol. The van der Waals surface area contributed by atoms with Crippen molar-refractivity contribution in [1.29, 1.82) is 0 Å². The summed E-state index contributed by atoms with van der Waals surface area (Å²) >= 11 is 0. The highest BCUT2D eigenvalue weighted by Gasteiger charge is 2.32. The minimum absolute atomic E-state index is 0.0874. The second-order valence-electron chi connectivity index (χ2n) is 6.20. The summed E-state index contributed by atoms with van der Waals surface area (Å²) in [6.45, 7) is 5.05. The maximum Gasteiger partial charge on any atom is 0.270 e. The van der Waals surface area contributed by atoms with Crippen LogP contribution < -0.4 is 4.74 Å². The molecule has 1 amide bonds. The van der Waals surface area contributed by atoms with Crippen molar-refractivity contribution >= 4 is 22.6 Å². The van der Waals surface area contributed by atoms with Gasteiger partial charge in [-0.3, -0.25) is 9.59 Å². The van der Waals surface area contributed by atoms with E-state index >= 15 is 0 Å². The molecule has 0 aliphatic carbocycles. The summed E-state index contributed by atoms with van der Waals surface area (Å²) in [7, 11) is 0. The van der Waals surface area contributed by atoms with Crippen molar-refractivity contribution in [3.05, 3.63) is 30.0 Å². The van der Waals surface area contributed by atoms with Crippen LogP contribution in [0.3, 0.4) is 0 Å². The van der Waals surface area contributed by atoms with Crippen LogP contribution >= 0.6 is 0 Å². The van der Waals surface area contributed by atoms with Crippen molar-refractivity contribution in [3.63, 3.8) is 0 Å². The van der Waals surface area contributed by atoms with E-state index in [0.717, 1.165) is 35.9 Å². The van der Waals surface area contributed by atoms with Crippen molar-refractivity contribution < 1.29 is 14.3 Å². The summed E-state index contributed by atoms with van der Waals surface area (Å²) in [6, 6.07) is 7.33. The number of hydrogen-bond acceptors (Lipinski definition) is 3. The highest BCUT2D eigenvalue weighted by Crippen LogP contribution is 2.25. The number of benzene rings is 1. The number of aromatic nitrogens is 1. The number of amides is 1. The van der Waals surface area contributed by atoms with Gasteiger partial charge in [0.25, 0.3) is 5.91 Å². The van der Waals surface area contributed by atoms with Crippen LogP contribution in [0.15, 0.2) is 24.3 Å². The number of ether oxygens (including phenoxy) is 1. The minimum atomic E-state index is -0.276. The third kappa shape index (κ3) is 3.16. The Morgan fingerprint density at radius 2 is 2.08 bits per heavy atom. The zero-order valence-corrected chi connectivity index (χ0v) is 14.3. The lowest BCUT2D eigenvalue weighted by Crippen LogP contribution is -2.47. The Morgan fingerprint density at radius 1 is 1.25 bits per heavy atom. The van der Waals surface area contributed by atoms with Crippen LogP contribution in [0.25, 0.3) is 10.9 Å². The quantitative estimate of drug-likeness (QED) is 0.913. The first-order valence-corrected chi connectivity index (χ1v) is 8.73. The lowest BCUT2D eigenvalue weighted by Gasteiger charge is -2.34. The zero-order valence-electron chi connectivity index (χ0n) is 14.3. The Bertz CT molecular complexity index is 750. The van der Waals surface area contributed by atoms with Crippen LogP contribution in [0.1, 0.15) is 50.0 Å². The summed E-state index contributed by atoms with van der Waals surface area (Å²) in [5.41, 5.74) is 1.41. The highest BCUT2D eigenvalue weighted by molar-refractivity contribution is 6.00. The summed E-state index contributed by atoms with van der Waals surface area (Å²) < 4.78 is 5.50. The van der Waals surface area contributed by atoms with E-state index < -0.39 is 0 Å². The number of hydrogen-bond donors (Lipinski definition) is 1. The second-order valence-corrected chi connectivity index (χ2v) is 6.20. The normalized spacial score (nSPS) is 17.9. The summed E-state index contributed by atoms with van der Waals surface area (Å²) in [6.07, 6.45) is 3.20. The summed E-state index contributed by atoms with van der Waals surface area (Å²) in [5.74, 6) is 0.844. The number of aromatic amines is 1. The van der Waals surface area contributed by atoms with E-state index in [-0.39, 0.29) is 17.7 Å². The van der Waals surface area contributed by atoms with Gasteiger partial charge in [-0.05, 0) is 44.4 Å². The van der Waals surface area contributed by atoms with Crippen molar-refractivity contribution in [2.45, 2.75) is 45.6 Å². The molecule has 1 aliphatic rings. The third-order valence-corrected chi connectivity index (χ3v) is 4.62. The van der Waals surface area contributed by atoms with Crippen LogP contribution in [0.2, 0.25) is 0 Å². The Morgan fingerprint density at radius 3 is 2.83 bits per heavy atom. The number of nitrogens with zero attached hydrogens (tertiary/aromatic N) is 1. The Kier molecular flexibility index (Phi) is 4.88. The van der Waals surface area contributed by atoms with E-state index in [1.165, 1.54) is 0 Å². The van der Waals surface area contributed by atoms with Crippen LogP contribution in [0.4, 0.5) is 0 Å². The molecule has 128 valence electrons. The van der Waals surface area contributed by atoms with Gasteiger partial charge in [-0.25, -0.2) is 0 Å². The van der Waals surface area contributed by atoms with Crippen molar-refractivity contribution in [2.24, 2.45) is 0 Å². The lowest BCUT2D eigenvalue weighted by atomic mass is 9.97. The first kappa shape index (κ1) is 16.6. The molecule has 2 aromatic rings. The number of H-pyrrole nitrogens is 1. The molecule has 1 unspecified atom stereocenters. The fourth-order valence-electron chi connectivity index (χ4n) is 3.38. The molecule has 5 heteroatoms. The highest BCUT2D eigenvalue weighted by atomic mass is 16.5. The average molecular weight is 328 g/mol. The van der Waals surface area contributed by atoms with Gasteiger partial charge >= 0.3 is 0 Å². The van der Waals surface area contributed by atoms with E-state index in [9.17, 15) is 9.59 Å². The number of nitrogens with one attached hydrogen (secondary N) is 1. The number of likely N-dealkylation sites (tertiary alicyclic amines) is 1. The number of carbonyl (C=O) groups is 2. The number of ketones is 1. The largest absolute Gasteiger partial charge is 0.494 e. The standard InChI is InChI=1S/C19H24N2O3/c1-3-18(22)17-7-5-6-10-21(17)19(23)16-11-13-8-9-14(24-4-2)12-15(13)20-16/h8-9,11-12,17,20H,3-7,10H2,1-2H3. The van der Waals surface area contributed by atoms with E-state index in [1.54, 1.807) is 4.90 Å². The predicted molar refractivity (Wildman–Crippen MR) is 93.4 cm³/mol. The predicted octanol–water partition coefficient (Wildman–Crippen LogP) is 3.54. The van der Waals surface area contributed by atoms with Gasteiger partial charge in [-0.1, -0.05) is 6.92 Å². The molecular formula is C19H24N2O3. The number of rotatable bonds is 5. The molecule has 0 radical (unpaired) electrons. The van der Waals surface area contributed by atoms with E-state index in [1.807, 2.05) is 38.1 Å². The van der Waals surface area contributed by atoms with Crippen LogP contribution in [0, 0.1) is 0 Å². The fraction of sp³-hybridized carbons (Fsp3) is 0.474. The van der Waals surface area contributed by atoms with E-state index in [2.05, 4.69) is 4.98 Å². The molecule has 1 aromatic heterocycles. The maximum atomic E-state index is 12.9. The van der Waals surface area contributed by atoms with E-state index in [0.29, 0.717) is 25.3 Å². The molecule has 0 saturated carbocycles. The average Bonchev–Trinajstić information content (AvgIpc) is 3.04. The molecule has 0 spiro atoms. The third-order valence-electron chi connectivity index (χ3n) is 4.62. The Balaban J connectivity index is 1.88. The molecule has 1 fully saturated rings. The topological polar surface area (TPSA) is 62.4 Å². The van der Waals surface area contributed by atoms with Crippen LogP contribution in [0.5, 0.6) is 5.75 Å². The van der Waals surface area contributed by atoms with Crippen molar-refractivity contribution in [3.8, 4) is 5.75 Å². The van der Waals surface area contributed by atoms with Crippen LogP contribution in [-0.4, -0.2) is 40.8 Å². The molecule has 1 atom stereocenters. The summed E-state index contributed by atoms with van der Waals surface area (Å²) in [4.78, 5) is 30.0. The lowest BCUT2D eigenvalue weighted by molar-refractivity contribution is -0.124. The summed E-state index contributed by atoms with van der Waals surface area (Å²) in [5, 5.41) is 0.970. The van der Waals surface area contributed by atoms with Crippen molar-refractivity contribution in [2.75, 3.05) is 13.2 Å². The number of fused-ring (bicyclic) bond motifs is 1. The fourth-order valence-corrected chi connectivity index (χ4v) is 3.38. The van der Waals surface area contributed by atoms with Gasteiger partial charge in [0.2, 0.25) is 0 Å². The number of piperidine rings is 1. The molecule has 1 aromatic carbocycles. The molecule has 24 heavy (non-hydrogen) atoms. The monoisotopic (exact) mass is 328 g/mol. The van der Waals surface area contributed by atoms with Crippen LogP contribution in [-0.2, 0) is 4.79 Å². The van der Waals surface area contributed by atoms with E-state index in [4.69, 9.17) is 4.74 Å². The molecule has 1 N–H and O–H groups in total. The van der Waals surface area contributed by atoms with Gasteiger partial charge in [-0.15, -0.1) is 0 Å². The molecule has 0 bridgehead atoms. The zero-order chi connectivity index (χ0) is 17.1. The number of carbonyl (C=O) groups excluding carboxylic acids is 2. The molecule has 1 aliphatic heterocycles. The SMILES string of the molecule is CCOc1ccc2cc(C(=O)N3CCCCC3C(=O)CC)[nH]c2c1. The molecule has 2 heterocycles. The molecule has 3 rings (SSSR count). The minimum Gasteiger partial charge on any atom is -0.494 e. The van der Waals surface area contributed by atoms with Gasteiger partial charge in [-0.2, -0.15) is 0 Å². The number of Topliss-reactive ketones (excluding diaryl/α,β-unsaturated/α-hetero) is 1. The van der Waals surface area contributed by atoms with Gasteiger partial charge in [0.05, 0.1) is 12.6 Å². The van der Waals surface area contributed by atoms with Gasteiger partial charge < -0.3 is 14.6 Å². The second kappa shape index (κ2) is 7.07. The maximum absolute atomic E-state index is 12.9. The Hall–Kier alpha value is -2.30. The van der Waals surface area contributed by atoms with Crippen molar-refractivity contribution in [1.82, 2.24) is 9.88 Å². The molecule has 5 nitrogen and oxygen atoms in total. The molecule has 1 saturated heterocycles.